The van der Waals surface area contributed by atoms with Gasteiger partial charge in [-0.15, -0.1) is 0 Å². The summed E-state index contributed by atoms with van der Waals surface area (Å²) < 4.78 is 27.8. The van der Waals surface area contributed by atoms with E-state index in [1.807, 2.05) is 0 Å². The topological polar surface area (TPSA) is 62.3 Å². The Kier molecular flexibility index (Phi) is 4.44. The largest absolute Gasteiger partial charge is 0.324 e. The maximum atomic E-state index is 14.3. The van der Waals surface area contributed by atoms with Crippen LogP contribution in [-0.4, -0.2) is 35.2 Å². The smallest absolute Gasteiger partial charge is 0.250 e. The fourth-order valence-electron chi connectivity index (χ4n) is 5.09. The molecule has 2 aliphatic heterocycles. The average molecular weight is 419 g/mol. The third kappa shape index (κ3) is 2.80. The molecule has 0 aliphatic carbocycles. The highest BCUT2D eigenvalue weighted by Crippen LogP contribution is 2.55. The van der Waals surface area contributed by atoms with Crippen LogP contribution >= 0.6 is 0 Å². The first-order valence-corrected chi connectivity index (χ1v) is 9.96. The number of hydrogen-bond donors (Lipinski definition) is 1. The number of hydrogen-bond acceptors (Lipinski definition) is 4. The molecule has 2 aromatic carbocycles. The zero-order valence-corrected chi connectivity index (χ0v) is 16.7. The summed E-state index contributed by atoms with van der Waals surface area (Å²) in [5.41, 5.74) is 0.477. The summed E-state index contributed by atoms with van der Waals surface area (Å²) in [6.45, 7) is 0.359. The van der Waals surface area contributed by atoms with E-state index in [4.69, 9.17) is 0 Å². The highest BCUT2D eigenvalue weighted by molar-refractivity contribution is 6.11. The normalized spacial score (nSPS) is 24.9. The molecule has 31 heavy (non-hydrogen) atoms. The van der Waals surface area contributed by atoms with Crippen LogP contribution in [0, 0.1) is 17.6 Å². The molecular formula is C24H19F2N3O2. The number of fused-ring (bicyclic) bond motifs is 2. The maximum absolute atomic E-state index is 14.3. The minimum Gasteiger partial charge on any atom is -0.324 e. The van der Waals surface area contributed by atoms with Gasteiger partial charge in [0.1, 0.15) is 22.9 Å². The Balaban J connectivity index is 1.74. The predicted molar refractivity (Wildman–Crippen MR) is 111 cm³/mol. The molecule has 1 fully saturated rings. The van der Waals surface area contributed by atoms with Gasteiger partial charge in [-0.05, 0) is 55.1 Å². The Hall–Kier alpha value is -3.45. The molecule has 0 unspecified atom stereocenters. The van der Waals surface area contributed by atoms with Crippen molar-refractivity contribution >= 4 is 17.4 Å². The van der Waals surface area contributed by atoms with E-state index in [0.717, 1.165) is 5.56 Å². The zero-order chi connectivity index (χ0) is 21.8. The van der Waals surface area contributed by atoms with E-state index < -0.39 is 23.2 Å². The minimum absolute atomic E-state index is 0.229. The number of amides is 1. The monoisotopic (exact) mass is 419 g/mol. The van der Waals surface area contributed by atoms with E-state index in [0.29, 0.717) is 17.8 Å². The van der Waals surface area contributed by atoms with Gasteiger partial charge in [0.15, 0.2) is 5.78 Å². The van der Waals surface area contributed by atoms with Crippen LogP contribution in [0.3, 0.4) is 0 Å². The number of likely N-dealkylation sites (tertiary alicyclic amines) is 1. The highest BCUT2D eigenvalue weighted by atomic mass is 19.1. The van der Waals surface area contributed by atoms with Crippen molar-refractivity contribution in [3.63, 3.8) is 0 Å². The molecule has 3 heterocycles. The standard InChI is InChI=1S/C24H19F2N3O2/c1-29-13-17(14-5-7-15(25)8-6-14)21(22(30)20-4-2-3-11-27-20)24(29)18-12-16(26)9-10-19(18)28-23(24)31/h2-12,17,21H,13H2,1H3,(H,28,31)/t17-,21+,24-/m1/s1. The van der Waals surface area contributed by atoms with Crippen LogP contribution in [0.4, 0.5) is 14.5 Å². The molecule has 1 aromatic heterocycles. The first-order chi connectivity index (χ1) is 14.9. The number of carbonyl (C=O) groups is 2. The SMILES string of the molecule is CN1C[C@H](c2ccc(F)cc2)[C@@H](C(=O)c2ccccn2)[C@]12C(=O)Nc1ccc(F)cc12. The second-order valence-corrected chi connectivity index (χ2v) is 8.01. The molecule has 3 aromatic rings. The summed E-state index contributed by atoms with van der Waals surface area (Å²) in [5, 5.41) is 2.83. The molecule has 5 nitrogen and oxygen atoms in total. The molecule has 2 aliphatic rings. The number of nitrogens with zero attached hydrogens (tertiary/aromatic N) is 2. The first-order valence-electron chi connectivity index (χ1n) is 9.96. The molecule has 0 radical (unpaired) electrons. The summed E-state index contributed by atoms with van der Waals surface area (Å²) in [6, 6.07) is 15.1. The summed E-state index contributed by atoms with van der Waals surface area (Å²) in [6.07, 6.45) is 1.52. The van der Waals surface area contributed by atoms with Gasteiger partial charge in [-0.2, -0.15) is 0 Å². The highest BCUT2D eigenvalue weighted by Gasteiger charge is 2.64. The van der Waals surface area contributed by atoms with Gasteiger partial charge in [0.2, 0.25) is 5.91 Å². The fraction of sp³-hybridized carbons (Fsp3) is 0.208. The van der Waals surface area contributed by atoms with Crippen LogP contribution < -0.4 is 5.32 Å². The van der Waals surface area contributed by atoms with Gasteiger partial charge in [0.05, 0.1) is 5.92 Å². The van der Waals surface area contributed by atoms with Gasteiger partial charge in [-0.3, -0.25) is 19.5 Å². The Morgan fingerprint density at radius 2 is 1.84 bits per heavy atom. The van der Waals surface area contributed by atoms with Crippen LogP contribution in [-0.2, 0) is 10.3 Å². The summed E-state index contributed by atoms with van der Waals surface area (Å²) in [4.78, 5) is 33.3. The van der Waals surface area contributed by atoms with Gasteiger partial charge in [-0.1, -0.05) is 18.2 Å². The molecule has 0 bridgehead atoms. The predicted octanol–water partition coefficient (Wildman–Crippen LogP) is 3.74. The molecule has 1 saturated heterocycles. The molecule has 1 N–H and O–H groups in total. The number of carbonyl (C=O) groups excluding carboxylic acids is 2. The van der Waals surface area contributed by atoms with Gasteiger partial charge in [0.25, 0.3) is 0 Å². The lowest BCUT2D eigenvalue weighted by Crippen LogP contribution is -2.51. The lowest BCUT2D eigenvalue weighted by molar-refractivity contribution is -0.126. The van der Waals surface area contributed by atoms with Crippen molar-refractivity contribution in [1.82, 2.24) is 9.88 Å². The van der Waals surface area contributed by atoms with Crippen molar-refractivity contribution in [2.24, 2.45) is 5.92 Å². The maximum Gasteiger partial charge on any atom is 0.250 e. The lowest BCUT2D eigenvalue weighted by atomic mass is 9.71. The third-order valence-electron chi connectivity index (χ3n) is 6.41. The van der Waals surface area contributed by atoms with Crippen molar-refractivity contribution in [3.8, 4) is 0 Å². The number of anilines is 1. The Bertz CT molecular complexity index is 1180. The zero-order valence-electron chi connectivity index (χ0n) is 16.7. The second-order valence-electron chi connectivity index (χ2n) is 8.01. The Morgan fingerprint density at radius 1 is 1.10 bits per heavy atom. The van der Waals surface area contributed by atoms with E-state index in [9.17, 15) is 18.4 Å². The Labute approximate surface area is 177 Å². The van der Waals surface area contributed by atoms with Crippen molar-refractivity contribution in [1.29, 1.82) is 0 Å². The third-order valence-corrected chi connectivity index (χ3v) is 6.41. The number of halogens is 2. The molecular weight excluding hydrogens is 400 g/mol. The molecule has 156 valence electrons. The van der Waals surface area contributed by atoms with Crippen LogP contribution in [0.25, 0.3) is 0 Å². The number of rotatable bonds is 3. The fourth-order valence-corrected chi connectivity index (χ4v) is 5.09. The number of ketones is 1. The summed E-state index contributed by atoms with van der Waals surface area (Å²) in [5.74, 6) is -2.86. The second kappa shape index (κ2) is 7.06. The molecule has 1 amide bonds. The van der Waals surface area contributed by atoms with E-state index in [2.05, 4.69) is 10.3 Å². The molecule has 7 heteroatoms. The van der Waals surface area contributed by atoms with Gasteiger partial charge >= 0.3 is 0 Å². The minimum atomic E-state index is -1.40. The van der Waals surface area contributed by atoms with E-state index >= 15 is 0 Å². The Morgan fingerprint density at radius 3 is 2.55 bits per heavy atom. The van der Waals surface area contributed by atoms with Gasteiger partial charge in [0, 0.05) is 29.9 Å². The molecule has 3 atom stereocenters. The van der Waals surface area contributed by atoms with Crippen molar-refractivity contribution in [2.45, 2.75) is 11.5 Å². The van der Waals surface area contributed by atoms with E-state index in [1.165, 1.54) is 36.5 Å². The number of aromatic nitrogens is 1. The van der Waals surface area contributed by atoms with Gasteiger partial charge in [-0.25, -0.2) is 8.78 Å². The number of benzene rings is 2. The van der Waals surface area contributed by atoms with E-state index in [1.54, 1.807) is 42.3 Å². The molecule has 0 saturated carbocycles. The lowest BCUT2D eigenvalue weighted by Gasteiger charge is -2.35. The van der Waals surface area contributed by atoms with Crippen LogP contribution in [0.15, 0.2) is 66.9 Å². The van der Waals surface area contributed by atoms with E-state index in [-0.39, 0.29) is 23.2 Å². The van der Waals surface area contributed by atoms with Crippen molar-refractivity contribution in [3.05, 3.63) is 95.3 Å². The molecule has 5 rings (SSSR count). The number of Topliss-reactive ketones (excluding diaryl/α,β-unsaturated/α-hetero) is 1. The van der Waals surface area contributed by atoms with Crippen molar-refractivity contribution in [2.75, 3.05) is 18.9 Å². The van der Waals surface area contributed by atoms with Crippen LogP contribution in [0.1, 0.15) is 27.5 Å². The van der Waals surface area contributed by atoms with Crippen LogP contribution in [0.5, 0.6) is 0 Å². The quantitative estimate of drug-likeness (QED) is 0.657. The summed E-state index contributed by atoms with van der Waals surface area (Å²) >= 11 is 0. The molecule has 1 spiro atoms. The average Bonchev–Trinajstić information content (AvgIpc) is 3.24. The summed E-state index contributed by atoms with van der Waals surface area (Å²) in [7, 11) is 1.75. The number of likely N-dealkylation sites (N-methyl/N-ethyl adjacent to an activating group) is 1. The number of nitrogens with one attached hydrogen (secondary N) is 1. The number of pyridine rings is 1. The first kappa shape index (κ1) is 19.5. The van der Waals surface area contributed by atoms with Crippen LogP contribution in [0.2, 0.25) is 0 Å². The van der Waals surface area contributed by atoms with Gasteiger partial charge < -0.3 is 5.32 Å². The van der Waals surface area contributed by atoms with Crippen molar-refractivity contribution < 1.29 is 18.4 Å².